The first-order chi connectivity index (χ1) is 13.8. The predicted molar refractivity (Wildman–Crippen MR) is 97.7 cm³/mol. The van der Waals surface area contributed by atoms with Gasteiger partial charge < -0.3 is 20.1 Å². The number of urea groups is 1. The van der Waals surface area contributed by atoms with Gasteiger partial charge in [-0.2, -0.15) is 8.78 Å². The first-order valence-electron chi connectivity index (χ1n) is 8.48. The van der Waals surface area contributed by atoms with E-state index < -0.39 is 30.0 Å². The van der Waals surface area contributed by atoms with Gasteiger partial charge in [0, 0.05) is 5.69 Å². The summed E-state index contributed by atoms with van der Waals surface area (Å²) in [5.74, 6) is -0.663. The molecule has 0 radical (unpaired) electrons. The van der Waals surface area contributed by atoms with E-state index in [1.165, 1.54) is 24.3 Å². The van der Waals surface area contributed by atoms with Crippen molar-refractivity contribution in [1.29, 1.82) is 0 Å². The molecule has 1 fully saturated rings. The van der Waals surface area contributed by atoms with Crippen molar-refractivity contribution in [3.05, 3.63) is 54.1 Å². The zero-order valence-corrected chi connectivity index (χ0v) is 15.2. The molecule has 152 valence electrons. The topological polar surface area (TPSA) is 106 Å². The number of anilines is 1. The van der Waals surface area contributed by atoms with Crippen LogP contribution in [0.3, 0.4) is 0 Å². The van der Waals surface area contributed by atoms with Gasteiger partial charge in [-0.25, -0.2) is 4.79 Å². The molecular formula is C19H17F2N3O5. The van der Waals surface area contributed by atoms with Crippen LogP contribution in [0.25, 0.3) is 0 Å². The van der Waals surface area contributed by atoms with Crippen LogP contribution in [-0.4, -0.2) is 31.1 Å². The Labute approximate surface area is 164 Å². The number of nitrogens with one attached hydrogen (secondary N) is 3. The second kappa shape index (κ2) is 8.13. The van der Waals surface area contributed by atoms with E-state index in [9.17, 15) is 23.2 Å². The molecule has 1 aliphatic heterocycles. The fraction of sp³-hybridized carbons (Fsp3) is 0.211. The summed E-state index contributed by atoms with van der Waals surface area (Å²) in [6.45, 7) is -1.69. The molecule has 3 rings (SSSR count). The maximum atomic E-state index is 12.1. The van der Waals surface area contributed by atoms with Crippen LogP contribution in [0, 0.1) is 0 Å². The lowest BCUT2D eigenvalue weighted by Gasteiger charge is -2.21. The first kappa shape index (κ1) is 20.1. The summed E-state index contributed by atoms with van der Waals surface area (Å²) >= 11 is 0. The monoisotopic (exact) mass is 405 g/mol. The third-order valence-corrected chi connectivity index (χ3v) is 4.19. The van der Waals surface area contributed by atoms with E-state index in [0.29, 0.717) is 17.0 Å². The van der Waals surface area contributed by atoms with E-state index in [0.717, 1.165) is 0 Å². The molecule has 0 unspecified atom stereocenters. The minimum Gasteiger partial charge on any atom is -0.484 e. The molecule has 0 aromatic heterocycles. The van der Waals surface area contributed by atoms with Crippen molar-refractivity contribution in [1.82, 2.24) is 10.6 Å². The number of carbonyl (C=O) groups is 3. The summed E-state index contributed by atoms with van der Waals surface area (Å²) in [7, 11) is 0. The predicted octanol–water partition coefficient (Wildman–Crippen LogP) is 2.36. The molecule has 0 bridgehead atoms. The Hall–Kier alpha value is -3.69. The number of benzene rings is 2. The highest BCUT2D eigenvalue weighted by molar-refractivity contribution is 6.07. The van der Waals surface area contributed by atoms with Gasteiger partial charge in [0.2, 0.25) is 0 Å². The van der Waals surface area contributed by atoms with Crippen LogP contribution in [0.4, 0.5) is 19.3 Å². The summed E-state index contributed by atoms with van der Waals surface area (Å²) in [6, 6.07) is 11.3. The number of imide groups is 1. The van der Waals surface area contributed by atoms with Gasteiger partial charge in [0.15, 0.2) is 6.61 Å². The normalized spacial score (nSPS) is 18.2. The van der Waals surface area contributed by atoms with E-state index >= 15 is 0 Å². The van der Waals surface area contributed by atoms with Gasteiger partial charge in [-0.3, -0.25) is 14.9 Å². The average molecular weight is 405 g/mol. The molecule has 29 heavy (non-hydrogen) atoms. The van der Waals surface area contributed by atoms with E-state index in [1.54, 1.807) is 31.2 Å². The highest BCUT2D eigenvalue weighted by Crippen LogP contribution is 2.27. The van der Waals surface area contributed by atoms with Gasteiger partial charge >= 0.3 is 12.6 Å². The molecule has 3 N–H and O–H groups in total. The molecule has 4 amide bonds. The van der Waals surface area contributed by atoms with E-state index in [2.05, 4.69) is 20.7 Å². The molecule has 1 saturated heterocycles. The minimum absolute atomic E-state index is 0.0254. The number of halogens is 2. The summed E-state index contributed by atoms with van der Waals surface area (Å²) in [4.78, 5) is 35.5. The van der Waals surface area contributed by atoms with Gasteiger partial charge in [-0.1, -0.05) is 12.1 Å². The quantitative estimate of drug-likeness (QED) is 0.614. The molecule has 0 saturated carbocycles. The van der Waals surface area contributed by atoms with Crippen LogP contribution in [0.15, 0.2) is 48.5 Å². The Morgan fingerprint density at radius 3 is 2.48 bits per heavy atom. The highest BCUT2D eigenvalue weighted by Gasteiger charge is 2.43. The van der Waals surface area contributed by atoms with Crippen molar-refractivity contribution in [3.8, 4) is 11.5 Å². The second-order valence-corrected chi connectivity index (χ2v) is 6.30. The van der Waals surface area contributed by atoms with Gasteiger partial charge in [-0.15, -0.1) is 0 Å². The van der Waals surface area contributed by atoms with E-state index in [1.807, 2.05) is 0 Å². The lowest BCUT2D eigenvalue weighted by atomic mass is 9.92. The largest absolute Gasteiger partial charge is 0.484 e. The molecule has 1 heterocycles. The van der Waals surface area contributed by atoms with Crippen LogP contribution in [0.2, 0.25) is 0 Å². The van der Waals surface area contributed by atoms with Crippen LogP contribution < -0.4 is 25.4 Å². The summed E-state index contributed by atoms with van der Waals surface area (Å²) in [5.41, 5.74) is -0.360. The maximum absolute atomic E-state index is 12.1. The standard InChI is InChI=1S/C19H17F2N3O5/c1-19(16(26)23-18(27)24-19)11-3-2-4-14(9-11)28-10-15(25)22-12-5-7-13(8-6-12)29-17(20)21/h2-9,17H,10H2,1H3,(H,22,25)(H2,23,24,26,27)/t19-/m1/s1. The van der Waals surface area contributed by atoms with Gasteiger partial charge in [0.1, 0.15) is 17.0 Å². The Balaban J connectivity index is 1.58. The van der Waals surface area contributed by atoms with Gasteiger partial charge in [0.25, 0.3) is 11.8 Å². The van der Waals surface area contributed by atoms with Crippen molar-refractivity contribution >= 4 is 23.5 Å². The number of ether oxygens (including phenoxy) is 2. The Morgan fingerprint density at radius 2 is 1.86 bits per heavy atom. The number of hydrogen-bond donors (Lipinski definition) is 3. The van der Waals surface area contributed by atoms with Crippen molar-refractivity contribution in [2.45, 2.75) is 19.1 Å². The fourth-order valence-electron chi connectivity index (χ4n) is 2.71. The van der Waals surface area contributed by atoms with Crippen LogP contribution >= 0.6 is 0 Å². The number of amides is 4. The molecular weight excluding hydrogens is 388 g/mol. The Bertz CT molecular complexity index is 936. The number of carbonyl (C=O) groups excluding carboxylic acids is 3. The molecule has 0 aliphatic carbocycles. The van der Waals surface area contributed by atoms with E-state index in [-0.39, 0.29) is 12.4 Å². The SMILES string of the molecule is C[C@]1(c2cccc(OCC(=O)Nc3ccc(OC(F)F)cc3)c2)NC(=O)NC1=O. The van der Waals surface area contributed by atoms with Crippen molar-refractivity contribution in [2.75, 3.05) is 11.9 Å². The molecule has 10 heteroatoms. The zero-order chi connectivity index (χ0) is 21.0. The van der Waals surface area contributed by atoms with Gasteiger partial charge in [0.05, 0.1) is 0 Å². The van der Waals surface area contributed by atoms with Crippen molar-refractivity contribution < 1.29 is 32.6 Å². The van der Waals surface area contributed by atoms with E-state index in [4.69, 9.17) is 4.74 Å². The molecule has 0 spiro atoms. The molecule has 1 atom stereocenters. The first-order valence-corrected chi connectivity index (χ1v) is 8.48. The Morgan fingerprint density at radius 1 is 1.14 bits per heavy atom. The minimum atomic E-state index is -2.93. The molecule has 1 aliphatic rings. The summed E-state index contributed by atoms with van der Waals surface area (Å²) in [6.07, 6.45) is 0. The Kier molecular flexibility index (Phi) is 5.62. The number of hydrogen-bond acceptors (Lipinski definition) is 5. The zero-order valence-electron chi connectivity index (χ0n) is 15.2. The van der Waals surface area contributed by atoms with Crippen LogP contribution in [0.1, 0.15) is 12.5 Å². The maximum Gasteiger partial charge on any atom is 0.387 e. The summed E-state index contributed by atoms with van der Waals surface area (Å²) < 4.78 is 33.9. The smallest absolute Gasteiger partial charge is 0.387 e. The molecule has 2 aromatic rings. The number of rotatable bonds is 7. The lowest BCUT2D eigenvalue weighted by Crippen LogP contribution is -2.40. The molecule has 8 nitrogen and oxygen atoms in total. The van der Waals surface area contributed by atoms with Crippen molar-refractivity contribution in [3.63, 3.8) is 0 Å². The van der Waals surface area contributed by atoms with Crippen molar-refractivity contribution in [2.24, 2.45) is 0 Å². The van der Waals surface area contributed by atoms with Gasteiger partial charge in [-0.05, 0) is 48.9 Å². The fourth-order valence-corrected chi connectivity index (χ4v) is 2.71. The second-order valence-electron chi connectivity index (χ2n) is 6.30. The lowest BCUT2D eigenvalue weighted by molar-refractivity contribution is -0.123. The average Bonchev–Trinajstić information content (AvgIpc) is 2.94. The molecule has 2 aromatic carbocycles. The highest BCUT2D eigenvalue weighted by atomic mass is 19.3. The third kappa shape index (κ3) is 4.78. The van der Waals surface area contributed by atoms with Crippen LogP contribution in [-0.2, 0) is 15.1 Å². The summed E-state index contributed by atoms with van der Waals surface area (Å²) in [5, 5.41) is 7.27. The van der Waals surface area contributed by atoms with Crippen LogP contribution in [0.5, 0.6) is 11.5 Å². The number of alkyl halides is 2. The third-order valence-electron chi connectivity index (χ3n) is 4.19.